The molecule has 164 valence electrons. The number of rotatable bonds is 6. The van der Waals surface area contributed by atoms with Gasteiger partial charge in [0.1, 0.15) is 17.4 Å². The standard InChI is InChI=1S/C23H28BFN2O4/c1-6-29-18-12-16(21(28)27-19-13-15(9-10-26-19)14-7-8-14)11-17(25)20(18)24-30-22(2,3)23(4,5)31-24/h9-14H,6-8H2,1-5H3,(H,26,27,28). The average Bonchev–Trinajstić information content (AvgIpc) is 3.49. The molecule has 1 aliphatic carbocycles. The number of anilines is 1. The summed E-state index contributed by atoms with van der Waals surface area (Å²) >= 11 is 0. The van der Waals surface area contributed by atoms with Crippen LogP contribution in [0.4, 0.5) is 10.2 Å². The maximum atomic E-state index is 15.2. The van der Waals surface area contributed by atoms with Gasteiger partial charge in [0, 0.05) is 11.8 Å². The third-order valence-electron chi connectivity index (χ3n) is 6.22. The molecule has 2 heterocycles. The summed E-state index contributed by atoms with van der Waals surface area (Å²) in [6.45, 7) is 9.70. The van der Waals surface area contributed by atoms with E-state index in [1.807, 2.05) is 39.8 Å². The first-order valence-electron chi connectivity index (χ1n) is 10.7. The smallest absolute Gasteiger partial charge is 0.494 e. The van der Waals surface area contributed by atoms with E-state index < -0.39 is 30.0 Å². The molecule has 1 saturated carbocycles. The molecule has 1 aliphatic heterocycles. The number of amides is 1. The molecule has 0 spiro atoms. The number of carbonyl (C=O) groups excluding carboxylic acids is 1. The van der Waals surface area contributed by atoms with E-state index in [0.29, 0.717) is 18.3 Å². The molecular formula is C23H28BFN2O4. The molecule has 1 aromatic carbocycles. The predicted octanol–water partition coefficient (Wildman–Crippen LogP) is 4.05. The first-order valence-corrected chi connectivity index (χ1v) is 10.7. The van der Waals surface area contributed by atoms with Gasteiger partial charge < -0.3 is 19.4 Å². The number of benzene rings is 1. The van der Waals surface area contributed by atoms with Crippen LogP contribution in [-0.2, 0) is 9.31 Å². The zero-order valence-electron chi connectivity index (χ0n) is 18.6. The van der Waals surface area contributed by atoms with Crippen LogP contribution in [0.15, 0.2) is 30.5 Å². The van der Waals surface area contributed by atoms with Crippen molar-refractivity contribution in [1.29, 1.82) is 0 Å². The van der Waals surface area contributed by atoms with Crippen LogP contribution in [-0.4, -0.2) is 35.8 Å². The minimum atomic E-state index is -0.930. The maximum Gasteiger partial charge on any atom is 0.501 e. The molecule has 0 atom stereocenters. The fourth-order valence-electron chi connectivity index (χ4n) is 3.56. The highest BCUT2D eigenvalue weighted by Crippen LogP contribution is 2.40. The van der Waals surface area contributed by atoms with E-state index in [1.54, 1.807) is 13.1 Å². The zero-order valence-corrected chi connectivity index (χ0v) is 18.6. The van der Waals surface area contributed by atoms with Crippen molar-refractivity contribution in [3.8, 4) is 5.75 Å². The summed E-state index contributed by atoms with van der Waals surface area (Å²) in [6, 6.07) is 6.53. The normalized spacial score (nSPS) is 19.4. The minimum absolute atomic E-state index is 0.139. The molecule has 1 N–H and O–H groups in total. The van der Waals surface area contributed by atoms with Crippen LogP contribution in [0.1, 0.15) is 69.3 Å². The Morgan fingerprint density at radius 3 is 2.52 bits per heavy atom. The van der Waals surface area contributed by atoms with Crippen molar-refractivity contribution in [1.82, 2.24) is 4.98 Å². The summed E-state index contributed by atoms with van der Waals surface area (Å²) in [7, 11) is -0.930. The number of nitrogens with one attached hydrogen (secondary N) is 1. The van der Waals surface area contributed by atoms with Crippen LogP contribution < -0.4 is 15.5 Å². The quantitative estimate of drug-likeness (QED) is 0.706. The first kappa shape index (κ1) is 21.8. The van der Waals surface area contributed by atoms with Crippen molar-refractivity contribution >= 4 is 24.3 Å². The van der Waals surface area contributed by atoms with E-state index in [4.69, 9.17) is 14.0 Å². The summed E-state index contributed by atoms with van der Waals surface area (Å²) in [4.78, 5) is 17.0. The highest BCUT2D eigenvalue weighted by molar-refractivity contribution is 6.63. The second-order valence-electron chi connectivity index (χ2n) is 9.09. The van der Waals surface area contributed by atoms with Gasteiger partial charge in [0.25, 0.3) is 5.91 Å². The van der Waals surface area contributed by atoms with Gasteiger partial charge in [-0.15, -0.1) is 0 Å². The fourth-order valence-corrected chi connectivity index (χ4v) is 3.56. The lowest BCUT2D eigenvalue weighted by atomic mass is 9.77. The van der Waals surface area contributed by atoms with Crippen molar-refractivity contribution < 1.29 is 23.2 Å². The number of halogens is 1. The van der Waals surface area contributed by atoms with E-state index >= 15 is 4.39 Å². The Bertz CT molecular complexity index is 991. The second kappa shape index (κ2) is 7.91. The van der Waals surface area contributed by atoms with Gasteiger partial charge in [-0.25, -0.2) is 9.37 Å². The van der Waals surface area contributed by atoms with E-state index in [2.05, 4.69) is 10.3 Å². The molecule has 1 saturated heterocycles. The van der Waals surface area contributed by atoms with E-state index in [9.17, 15) is 4.79 Å². The topological polar surface area (TPSA) is 69.7 Å². The van der Waals surface area contributed by atoms with Gasteiger partial charge in [-0.3, -0.25) is 4.79 Å². The van der Waals surface area contributed by atoms with Crippen molar-refractivity contribution in [3.63, 3.8) is 0 Å². The number of carbonyl (C=O) groups is 1. The van der Waals surface area contributed by atoms with Crippen LogP contribution in [0.3, 0.4) is 0 Å². The van der Waals surface area contributed by atoms with Crippen molar-refractivity contribution in [3.05, 3.63) is 47.4 Å². The van der Waals surface area contributed by atoms with Gasteiger partial charge in [-0.1, -0.05) is 0 Å². The lowest BCUT2D eigenvalue weighted by Crippen LogP contribution is -2.41. The summed E-state index contributed by atoms with van der Waals surface area (Å²) in [5.41, 5.74) is 0.206. The molecule has 2 aliphatic rings. The van der Waals surface area contributed by atoms with Crippen LogP contribution in [0.25, 0.3) is 0 Å². The lowest BCUT2D eigenvalue weighted by Gasteiger charge is -2.32. The number of hydrogen-bond acceptors (Lipinski definition) is 5. The van der Waals surface area contributed by atoms with Crippen molar-refractivity contribution in [2.75, 3.05) is 11.9 Å². The number of hydrogen-bond donors (Lipinski definition) is 1. The molecule has 6 nitrogen and oxygen atoms in total. The SMILES string of the molecule is CCOc1cc(C(=O)Nc2cc(C3CC3)ccn2)cc(F)c1B1OC(C)(C)C(C)(C)O1. The number of pyridine rings is 1. The minimum Gasteiger partial charge on any atom is -0.494 e. The molecular weight excluding hydrogens is 398 g/mol. The summed E-state index contributed by atoms with van der Waals surface area (Å²) in [5.74, 6) is 0.142. The summed E-state index contributed by atoms with van der Waals surface area (Å²) < 4.78 is 32.9. The van der Waals surface area contributed by atoms with Crippen molar-refractivity contribution in [2.45, 2.75) is 64.6 Å². The zero-order chi connectivity index (χ0) is 22.4. The van der Waals surface area contributed by atoms with E-state index in [1.165, 1.54) is 12.1 Å². The van der Waals surface area contributed by atoms with E-state index in [0.717, 1.165) is 18.4 Å². The Labute approximate surface area is 182 Å². The largest absolute Gasteiger partial charge is 0.501 e. The van der Waals surface area contributed by atoms with Crippen LogP contribution in [0.5, 0.6) is 5.75 Å². The fraction of sp³-hybridized carbons (Fsp3) is 0.478. The molecule has 8 heteroatoms. The van der Waals surface area contributed by atoms with Crippen LogP contribution in [0.2, 0.25) is 0 Å². The lowest BCUT2D eigenvalue weighted by molar-refractivity contribution is 0.00578. The van der Waals surface area contributed by atoms with Gasteiger partial charge in [0.15, 0.2) is 0 Å². The highest BCUT2D eigenvalue weighted by atomic mass is 19.1. The molecule has 2 aromatic rings. The Balaban J connectivity index is 1.61. The molecule has 2 fully saturated rings. The average molecular weight is 426 g/mol. The number of nitrogens with zero attached hydrogens (tertiary/aromatic N) is 1. The predicted molar refractivity (Wildman–Crippen MR) is 117 cm³/mol. The van der Waals surface area contributed by atoms with Crippen molar-refractivity contribution in [2.24, 2.45) is 0 Å². The van der Waals surface area contributed by atoms with E-state index in [-0.39, 0.29) is 16.8 Å². The summed E-state index contributed by atoms with van der Waals surface area (Å²) in [5, 5.41) is 2.76. The van der Waals surface area contributed by atoms with Crippen LogP contribution in [0, 0.1) is 5.82 Å². The Kier molecular flexibility index (Phi) is 5.56. The van der Waals surface area contributed by atoms with Gasteiger partial charge in [0.05, 0.1) is 23.3 Å². The molecule has 0 radical (unpaired) electrons. The van der Waals surface area contributed by atoms with Gasteiger partial charge in [-0.2, -0.15) is 0 Å². The highest BCUT2D eigenvalue weighted by Gasteiger charge is 2.53. The molecule has 4 rings (SSSR count). The molecule has 1 aromatic heterocycles. The third kappa shape index (κ3) is 4.32. The Morgan fingerprint density at radius 1 is 1.23 bits per heavy atom. The first-order chi connectivity index (χ1) is 14.6. The number of ether oxygens (including phenoxy) is 1. The second-order valence-corrected chi connectivity index (χ2v) is 9.09. The molecule has 1 amide bonds. The Hall–Kier alpha value is -2.45. The summed E-state index contributed by atoms with van der Waals surface area (Å²) in [6.07, 6.45) is 3.98. The molecule has 31 heavy (non-hydrogen) atoms. The van der Waals surface area contributed by atoms with Crippen LogP contribution >= 0.6 is 0 Å². The van der Waals surface area contributed by atoms with Gasteiger partial charge >= 0.3 is 7.12 Å². The monoisotopic (exact) mass is 426 g/mol. The molecule has 0 unspecified atom stereocenters. The maximum absolute atomic E-state index is 15.2. The third-order valence-corrected chi connectivity index (χ3v) is 6.22. The number of aromatic nitrogens is 1. The molecule has 0 bridgehead atoms. The van der Waals surface area contributed by atoms with Gasteiger partial charge in [0.2, 0.25) is 0 Å². The Morgan fingerprint density at radius 2 is 1.90 bits per heavy atom. The van der Waals surface area contributed by atoms with Gasteiger partial charge in [-0.05, 0) is 83.2 Å².